The van der Waals surface area contributed by atoms with Crippen LogP contribution in [-0.4, -0.2) is 64.3 Å². The number of aromatic nitrogens is 2. The Bertz CT molecular complexity index is 683. The standard InChI is InChI=1S/C16H22N4O4S/c1-4-24-14(21)11-25-16-18-13(8-12-9-17-19(2)10-12)15(22)20(16)6-5-7-23-3/h8-10H,4-7,11H2,1-3H3. The van der Waals surface area contributed by atoms with E-state index in [0.29, 0.717) is 37.0 Å². The first kappa shape index (κ1) is 19.2. The van der Waals surface area contributed by atoms with Crippen molar-refractivity contribution in [3.05, 3.63) is 23.7 Å². The Hall–Kier alpha value is -2.13. The fourth-order valence-electron chi connectivity index (χ4n) is 2.20. The molecule has 1 amide bonds. The summed E-state index contributed by atoms with van der Waals surface area (Å²) in [5.41, 5.74) is 1.12. The number of aryl methyl sites for hydroxylation is 1. The summed E-state index contributed by atoms with van der Waals surface area (Å²) in [4.78, 5) is 30.2. The predicted octanol–water partition coefficient (Wildman–Crippen LogP) is 1.29. The van der Waals surface area contributed by atoms with Gasteiger partial charge in [-0.3, -0.25) is 19.2 Å². The van der Waals surface area contributed by atoms with E-state index in [1.807, 2.05) is 0 Å². The number of hydrogen-bond acceptors (Lipinski definition) is 7. The normalized spacial score (nSPS) is 15.8. The lowest BCUT2D eigenvalue weighted by Gasteiger charge is -2.17. The van der Waals surface area contributed by atoms with Crippen molar-refractivity contribution in [2.45, 2.75) is 13.3 Å². The molecule has 9 heteroatoms. The number of amides is 1. The van der Waals surface area contributed by atoms with E-state index in [2.05, 4.69) is 10.1 Å². The summed E-state index contributed by atoms with van der Waals surface area (Å²) in [7, 11) is 3.42. The van der Waals surface area contributed by atoms with Gasteiger partial charge < -0.3 is 9.47 Å². The fraction of sp³-hybridized carbons (Fsp3) is 0.500. The van der Waals surface area contributed by atoms with Crippen molar-refractivity contribution < 1.29 is 19.1 Å². The molecule has 0 atom stereocenters. The van der Waals surface area contributed by atoms with Crippen LogP contribution in [0.15, 0.2) is 23.1 Å². The van der Waals surface area contributed by atoms with Gasteiger partial charge in [0, 0.05) is 39.1 Å². The summed E-state index contributed by atoms with van der Waals surface area (Å²) in [6.45, 7) is 3.10. The number of carbonyl (C=O) groups excluding carboxylic acids is 2. The van der Waals surface area contributed by atoms with E-state index >= 15 is 0 Å². The van der Waals surface area contributed by atoms with Gasteiger partial charge >= 0.3 is 5.97 Å². The van der Waals surface area contributed by atoms with Crippen molar-refractivity contribution in [2.75, 3.05) is 32.6 Å². The van der Waals surface area contributed by atoms with Crippen LogP contribution in [0.2, 0.25) is 0 Å². The molecule has 2 rings (SSSR count). The molecule has 0 fully saturated rings. The number of nitrogens with zero attached hydrogens (tertiary/aromatic N) is 4. The van der Waals surface area contributed by atoms with E-state index in [1.165, 1.54) is 11.8 Å². The van der Waals surface area contributed by atoms with Gasteiger partial charge in [-0.25, -0.2) is 4.99 Å². The molecule has 0 radical (unpaired) electrons. The number of carbonyl (C=O) groups is 2. The molecule has 0 bridgehead atoms. The molecule has 1 aliphatic heterocycles. The van der Waals surface area contributed by atoms with Gasteiger partial charge in [0.2, 0.25) is 0 Å². The Morgan fingerprint density at radius 1 is 1.44 bits per heavy atom. The number of amidine groups is 1. The highest BCUT2D eigenvalue weighted by atomic mass is 32.2. The summed E-state index contributed by atoms with van der Waals surface area (Å²) in [6.07, 6.45) is 5.83. The largest absolute Gasteiger partial charge is 0.465 e. The van der Waals surface area contributed by atoms with Gasteiger partial charge in [-0.15, -0.1) is 0 Å². The number of aliphatic imine (C=N–C) groups is 1. The molecular formula is C16H22N4O4S. The second kappa shape index (κ2) is 9.38. The number of ether oxygens (including phenoxy) is 2. The van der Waals surface area contributed by atoms with Crippen LogP contribution in [0.25, 0.3) is 6.08 Å². The van der Waals surface area contributed by atoms with Crippen LogP contribution in [0.5, 0.6) is 0 Å². The quantitative estimate of drug-likeness (QED) is 0.391. The average Bonchev–Trinajstić information content (AvgIpc) is 3.11. The average molecular weight is 366 g/mol. The van der Waals surface area contributed by atoms with Gasteiger partial charge in [-0.2, -0.15) is 5.10 Å². The van der Waals surface area contributed by atoms with E-state index in [1.54, 1.807) is 49.1 Å². The molecule has 0 N–H and O–H groups in total. The summed E-state index contributed by atoms with van der Waals surface area (Å²) in [5.74, 6) is -0.406. The summed E-state index contributed by atoms with van der Waals surface area (Å²) in [5, 5.41) is 4.58. The van der Waals surface area contributed by atoms with E-state index in [0.717, 1.165) is 5.56 Å². The number of thioether (sulfide) groups is 1. The van der Waals surface area contributed by atoms with Crippen LogP contribution >= 0.6 is 11.8 Å². The van der Waals surface area contributed by atoms with Gasteiger partial charge in [0.25, 0.3) is 5.91 Å². The van der Waals surface area contributed by atoms with Crippen LogP contribution in [0.4, 0.5) is 0 Å². The minimum absolute atomic E-state index is 0.112. The van der Waals surface area contributed by atoms with Crippen molar-refractivity contribution in [2.24, 2.45) is 12.0 Å². The summed E-state index contributed by atoms with van der Waals surface area (Å²) < 4.78 is 11.6. The van der Waals surface area contributed by atoms with E-state index < -0.39 is 0 Å². The van der Waals surface area contributed by atoms with Crippen molar-refractivity contribution in [3.8, 4) is 0 Å². The molecule has 8 nitrogen and oxygen atoms in total. The minimum atomic E-state index is -0.329. The summed E-state index contributed by atoms with van der Waals surface area (Å²) >= 11 is 1.20. The van der Waals surface area contributed by atoms with E-state index in [-0.39, 0.29) is 17.6 Å². The lowest BCUT2D eigenvalue weighted by molar-refractivity contribution is -0.139. The van der Waals surface area contributed by atoms with E-state index in [4.69, 9.17) is 9.47 Å². The fourth-order valence-corrected chi connectivity index (χ4v) is 3.03. The van der Waals surface area contributed by atoms with Crippen molar-refractivity contribution >= 4 is 34.9 Å². The Morgan fingerprint density at radius 3 is 2.88 bits per heavy atom. The molecule has 0 spiro atoms. The molecule has 0 saturated heterocycles. The molecule has 0 unspecified atom stereocenters. The third-order valence-corrected chi connectivity index (χ3v) is 4.24. The Kier molecular flexibility index (Phi) is 7.20. The molecule has 25 heavy (non-hydrogen) atoms. The third-order valence-electron chi connectivity index (χ3n) is 3.29. The molecule has 1 aliphatic rings. The maximum Gasteiger partial charge on any atom is 0.316 e. The Morgan fingerprint density at radius 2 is 2.24 bits per heavy atom. The van der Waals surface area contributed by atoms with Gasteiger partial charge in [0.15, 0.2) is 5.17 Å². The highest BCUT2D eigenvalue weighted by Crippen LogP contribution is 2.24. The first-order chi connectivity index (χ1) is 12.0. The zero-order chi connectivity index (χ0) is 18.2. The van der Waals surface area contributed by atoms with Crippen molar-refractivity contribution in [3.63, 3.8) is 0 Å². The molecule has 0 aromatic carbocycles. The minimum Gasteiger partial charge on any atom is -0.465 e. The van der Waals surface area contributed by atoms with Crippen LogP contribution < -0.4 is 0 Å². The number of methoxy groups -OCH3 is 1. The maximum absolute atomic E-state index is 12.6. The van der Waals surface area contributed by atoms with Crippen LogP contribution in [-0.2, 0) is 26.1 Å². The van der Waals surface area contributed by atoms with Crippen LogP contribution in [0.1, 0.15) is 18.9 Å². The maximum atomic E-state index is 12.6. The van der Waals surface area contributed by atoms with Crippen molar-refractivity contribution in [1.29, 1.82) is 0 Å². The smallest absolute Gasteiger partial charge is 0.316 e. The second-order valence-corrected chi connectivity index (χ2v) is 6.21. The number of rotatable bonds is 8. The SMILES string of the molecule is CCOC(=O)CSC1=NC(=Cc2cnn(C)c2)C(=O)N1CCCOC. The zero-order valence-corrected chi connectivity index (χ0v) is 15.4. The first-order valence-electron chi connectivity index (χ1n) is 7.93. The van der Waals surface area contributed by atoms with E-state index in [9.17, 15) is 9.59 Å². The predicted molar refractivity (Wildman–Crippen MR) is 95.9 cm³/mol. The lowest BCUT2D eigenvalue weighted by Crippen LogP contribution is -2.32. The number of hydrogen-bond donors (Lipinski definition) is 0. The third kappa shape index (κ3) is 5.43. The van der Waals surface area contributed by atoms with Crippen molar-refractivity contribution in [1.82, 2.24) is 14.7 Å². The van der Waals surface area contributed by atoms with Gasteiger partial charge in [0.1, 0.15) is 5.70 Å². The van der Waals surface area contributed by atoms with Crippen LogP contribution in [0.3, 0.4) is 0 Å². The number of esters is 1. The lowest BCUT2D eigenvalue weighted by atomic mass is 10.2. The molecule has 1 aromatic rings. The van der Waals surface area contributed by atoms with Crippen LogP contribution in [0, 0.1) is 0 Å². The second-order valence-electron chi connectivity index (χ2n) is 5.27. The monoisotopic (exact) mass is 366 g/mol. The zero-order valence-electron chi connectivity index (χ0n) is 14.6. The molecule has 2 heterocycles. The van der Waals surface area contributed by atoms with Gasteiger partial charge in [-0.05, 0) is 19.4 Å². The molecule has 0 saturated carbocycles. The Balaban J connectivity index is 2.13. The summed E-state index contributed by atoms with van der Waals surface area (Å²) in [6, 6.07) is 0. The van der Waals surface area contributed by atoms with Gasteiger partial charge in [0.05, 0.1) is 18.6 Å². The molecule has 1 aromatic heterocycles. The molecule has 136 valence electrons. The topological polar surface area (TPSA) is 86.0 Å². The van der Waals surface area contributed by atoms with Gasteiger partial charge in [-0.1, -0.05) is 11.8 Å². The highest BCUT2D eigenvalue weighted by Gasteiger charge is 2.30. The highest BCUT2D eigenvalue weighted by molar-refractivity contribution is 8.14. The Labute approximate surface area is 150 Å². The molecular weight excluding hydrogens is 344 g/mol. The first-order valence-corrected chi connectivity index (χ1v) is 8.92. The molecule has 0 aliphatic carbocycles.